The molecule has 0 aliphatic carbocycles. The number of phosphoric acid groups is 1. The van der Waals surface area contributed by atoms with Crippen LogP contribution in [0.1, 0.15) is 12.6 Å². The van der Waals surface area contributed by atoms with Crippen LogP contribution in [0.3, 0.4) is 0 Å². The average molecular weight is 389 g/mol. The topological polar surface area (TPSA) is 164 Å². The highest BCUT2D eigenvalue weighted by Gasteiger charge is 2.39. The number of ether oxygens (including phenoxy) is 3. The van der Waals surface area contributed by atoms with Gasteiger partial charge in [-0.2, -0.15) is 0 Å². The summed E-state index contributed by atoms with van der Waals surface area (Å²) in [5.41, 5.74) is 6.71. The smallest absolute Gasteiger partial charge is 0.382 e. The number of methoxy groups -OCH3 is 1. The molecule has 1 aliphatic rings. The first kappa shape index (κ1) is 19.1. The van der Waals surface area contributed by atoms with E-state index >= 15 is 0 Å². The first-order valence-corrected chi connectivity index (χ1v) is 9.31. The zero-order valence-electron chi connectivity index (χ0n) is 14.0. The predicted octanol–water partition coefficient (Wildman–Crippen LogP) is -0.163. The van der Waals surface area contributed by atoms with Gasteiger partial charge in [0.2, 0.25) is 0 Å². The number of fused-ring (bicyclic) bond motifs is 1. The number of hydrogen-bond acceptors (Lipinski definition) is 9. The highest BCUT2D eigenvalue weighted by atomic mass is 31.2. The van der Waals surface area contributed by atoms with Gasteiger partial charge < -0.3 is 29.7 Å². The van der Waals surface area contributed by atoms with E-state index in [1.807, 2.05) is 0 Å². The SMILES string of the molecule is COCCOC1C[C@@H](COP(=O)(O)O)O[C@H]1n1cnc2c(N)ncnc21. The van der Waals surface area contributed by atoms with E-state index in [4.69, 9.17) is 29.7 Å². The fourth-order valence-electron chi connectivity index (χ4n) is 2.74. The van der Waals surface area contributed by atoms with Crippen molar-refractivity contribution in [3.05, 3.63) is 12.7 Å². The van der Waals surface area contributed by atoms with E-state index in [1.165, 1.54) is 12.7 Å². The van der Waals surface area contributed by atoms with E-state index in [0.717, 1.165) is 0 Å². The second-order valence-electron chi connectivity index (χ2n) is 5.66. The molecule has 3 rings (SSSR count). The summed E-state index contributed by atoms with van der Waals surface area (Å²) in [7, 11) is -3.03. The molecule has 26 heavy (non-hydrogen) atoms. The Labute approximate surface area is 148 Å². The maximum atomic E-state index is 10.9. The quantitative estimate of drug-likeness (QED) is 0.406. The van der Waals surface area contributed by atoms with Crippen LogP contribution in [0.25, 0.3) is 11.2 Å². The molecule has 144 valence electrons. The fraction of sp³-hybridized carbons (Fsp3) is 0.615. The lowest BCUT2D eigenvalue weighted by atomic mass is 10.2. The number of nitrogens with zero attached hydrogens (tertiary/aromatic N) is 4. The molecule has 3 heterocycles. The molecule has 0 amide bonds. The summed E-state index contributed by atoms with van der Waals surface area (Å²) in [5, 5.41) is 0. The molecule has 2 aromatic rings. The molecule has 12 nitrogen and oxygen atoms in total. The number of phosphoric ester groups is 1. The zero-order chi connectivity index (χ0) is 18.7. The normalized spacial score (nSPS) is 23.7. The van der Waals surface area contributed by atoms with Crippen LogP contribution in [-0.2, 0) is 23.3 Å². The molecule has 1 saturated heterocycles. The van der Waals surface area contributed by atoms with E-state index in [2.05, 4.69) is 19.5 Å². The van der Waals surface area contributed by atoms with Crippen molar-refractivity contribution in [3.8, 4) is 0 Å². The average Bonchev–Trinajstić information content (AvgIpc) is 3.17. The van der Waals surface area contributed by atoms with Crippen molar-refractivity contribution in [2.75, 3.05) is 32.7 Å². The van der Waals surface area contributed by atoms with E-state index < -0.39 is 26.3 Å². The summed E-state index contributed by atoms with van der Waals surface area (Å²) in [6.45, 7) is 0.457. The molecular weight excluding hydrogens is 369 g/mol. The van der Waals surface area contributed by atoms with Crippen LogP contribution in [0.2, 0.25) is 0 Å². The molecule has 0 aromatic carbocycles. The highest BCUT2D eigenvalue weighted by molar-refractivity contribution is 7.46. The molecular formula is C13H20N5O7P. The van der Waals surface area contributed by atoms with E-state index in [9.17, 15) is 4.57 Å². The van der Waals surface area contributed by atoms with Gasteiger partial charge in [0.1, 0.15) is 17.9 Å². The third kappa shape index (κ3) is 4.35. The van der Waals surface area contributed by atoms with Gasteiger partial charge in [-0.25, -0.2) is 19.5 Å². The van der Waals surface area contributed by atoms with Crippen molar-refractivity contribution in [3.63, 3.8) is 0 Å². The van der Waals surface area contributed by atoms with Crippen molar-refractivity contribution in [1.82, 2.24) is 19.5 Å². The van der Waals surface area contributed by atoms with Gasteiger partial charge in [0.25, 0.3) is 0 Å². The highest BCUT2D eigenvalue weighted by Crippen LogP contribution is 2.39. The molecule has 13 heteroatoms. The maximum Gasteiger partial charge on any atom is 0.469 e. The predicted molar refractivity (Wildman–Crippen MR) is 87.9 cm³/mol. The van der Waals surface area contributed by atoms with Gasteiger partial charge in [-0.3, -0.25) is 9.09 Å². The summed E-state index contributed by atoms with van der Waals surface area (Å²) in [6.07, 6.45) is 1.60. The molecule has 4 N–H and O–H groups in total. The molecule has 1 aliphatic heterocycles. The Hall–Kier alpha value is -1.66. The minimum absolute atomic E-state index is 0.241. The molecule has 0 saturated carbocycles. The number of rotatable bonds is 8. The minimum atomic E-state index is -4.59. The monoisotopic (exact) mass is 389 g/mol. The second kappa shape index (κ2) is 7.92. The largest absolute Gasteiger partial charge is 0.469 e. The summed E-state index contributed by atoms with van der Waals surface area (Å²) in [6, 6.07) is 0. The van der Waals surface area contributed by atoms with Crippen LogP contribution >= 0.6 is 7.82 Å². The molecule has 0 bridgehead atoms. The van der Waals surface area contributed by atoms with Crippen molar-refractivity contribution < 1.29 is 33.1 Å². The summed E-state index contributed by atoms with van der Waals surface area (Å²) in [4.78, 5) is 30.0. The molecule has 0 radical (unpaired) electrons. The Kier molecular flexibility index (Phi) is 5.82. The Morgan fingerprint density at radius 3 is 2.92 bits per heavy atom. The van der Waals surface area contributed by atoms with Crippen molar-refractivity contribution in [1.29, 1.82) is 0 Å². The molecule has 0 spiro atoms. The second-order valence-corrected chi connectivity index (χ2v) is 6.90. The summed E-state index contributed by atoms with van der Waals surface area (Å²) >= 11 is 0. The maximum absolute atomic E-state index is 10.9. The van der Waals surface area contributed by atoms with Gasteiger partial charge in [-0.1, -0.05) is 0 Å². The van der Waals surface area contributed by atoms with Gasteiger partial charge in [0, 0.05) is 13.5 Å². The number of aromatic nitrogens is 4. The Morgan fingerprint density at radius 1 is 1.38 bits per heavy atom. The van der Waals surface area contributed by atoms with Gasteiger partial charge in [0.15, 0.2) is 17.7 Å². The molecule has 1 unspecified atom stereocenters. The lowest BCUT2D eigenvalue weighted by molar-refractivity contribution is -0.0745. The summed E-state index contributed by atoms with van der Waals surface area (Å²) < 4.78 is 33.8. The third-order valence-corrected chi connectivity index (χ3v) is 4.34. The first-order valence-electron chi connectivity index (χ1n) is 7.78. The molecule has 1 fully saturated rings. The van der Waals surface area contributed by atoms with Crippen LogP contribution in [0, 0.1) is 0 Å². The van der Waals surface area contributed by atoms with Gasteiger partial charge in [-0.15, -0.1) is 0 Å². The lowest BCUT2D eigenvalue weighted by Gasteiger charge is -2.20. The Morgan fingerprint density at radius 2 is 2.19 bits per heavy atom. The van der Waals surface area contributed by atoms with Crippen molar-refractivity contribution >= 4 is 24.8 Å². The zero-order valence-corrected chi connectivity index (χ0v) is 14.9. The van der Waals surface area contributed by atoms with E-state index in [0.29, 0.717) is 30.8 Å². The Balaban J connectivity index is 1.81. The van der Waals surface area contributed by atoms with Crippen molar-refractivity contribution in [2.24, 2.45) is 0 Å². The van der Waals surface area contributed by atoms with Gasteiger partial charge >= 0.3 is 7.82 Å². The Bertz CT molecular complexity index is 796. The molecule has 3 atom stereocenters. The fourth-order valence-corrected chi connectivity index (χ4v) is 3.10. The number of anilines is 1. The van der Waals surface area contributed by atoms with E-state index in [-0.39, 0.29) is 12.4 Å². The van der Waals surface area contributed by atoms with Crippen LogP contribution in [-0.4, -0.2) is 68.4 Å². The minimum Gasteiger partial charge on any atom is -0.382 e. The van der Waals surface area contributed by atoms with Crippen LogP contribution in [0.15, 0.2) is 12.7 Å². The molecule has 2 aromatic heterocycles. The number of hydrogen-bond donors (Lipinski definition) is 3. The van der Waals surface area contributed by atoms with Crippen LogP contribution < -0.4 is 5.73 Å². The number of nitrogens with two attached hydrogens (primary N) is 1. The first-order chi connectivity index (χ1) is 12.4. The van der Waals surface area contributed by atoms with Gasteiger partial charge in [0.05, 0.1) is 32.3 Å². The van der Waals surface area contributed by atoms with Gasteiger partial charge in [-0.05, 0) is 0 Å². The standard InChI is InChI=1S/C13H20N5O7P/c1-22-2-3-23-9-4-8(5-24-26(19,20)21)25-13(9)18-7-17-10-11(14)15-6-16-12(10)18/h6-9,13H,2-5H2,1H3,(H2,14,15,16)(H2,19,20,21)/t8-,9?,13+/m0/s1. The van der Waals surface area contributed by atoms with Crippen LogP contribution in [0.4, 0.5) is 5.82 Å². The third-order valence-electron chi connectivity index (χ3n) is 3.85. The number of imidazole rings is 1. The lowest BCUT2D eigenvalue weighted by Crippen LogP contribution is -2.24. The van der Waals surface area contributed by atoms with E-state index in [1.54, 1.807) is 11.7 Å². The van der Waals surface area contributed by atoms with Crippen molar-refractivity contribution in [2.45, 2.75) is 24.9 Å². The summed E-state index contributed by atoms with van der Waals surface area (Å²) in [5.74, 6) is 0.241. The van der Waals surface area contributed by atoms with Crippen LogP contribution in [0.5, 0.6) is 0 Å². The number of nitrogen functional groups attached to an aromatic ring is 1.